The lowest BCUT2D eigenvalue weighted by molar-refractivity contribution is -0.384. The summed E-state index contributed by atoms with van der Waals surface area (Å²) in [5, 5.41) is 15.8. The van der Waals surface area contributed by atoms with Gasteiger partial charge in [0.2, 0.25) is 5.91 Å². The molecule has 0 atom stereocenters. The summed E-state index contributed by atoms with van der Waals surface area (Å²) in [6.07, 6.45) is 6.14. The Hall–Kier alpha value is -4.39. The Morgan fingerprint density at radius 1 is 0.967 bits per heavy atom. The molecule has 146 valence electrons. The average molecular weight is 396 g/mol. The number of rotatable bonds is 5. The number of amides is 1. The number of benzene rings is 3. The molecule has 1 N–H and O–H groups in total. The summed E-state index contributed by atoms with van der Waals surface area (Å²) < 4.78 is 0. The second kappa shape index (κ2) is 8.32. The van der Waals surface area contributed by atoms with Crippen LogP contribution in [0, 0.1) is 10.1 Å². The summed E-state index contributed by atoms with van der Waals surface area (Å²) in [6, 6.07) is 19.7. The van der Waals surface area contributed by atoms with E-state index in [1.165, 1.54) is 18.2 Å². The number of nitro groups is 1. The fourth-order valence-corrected chi connectivity index (χ4v) is 3.01. The molecule has 0 saturated heterocycles. The van der Waals surface area contributed by atoms with Crippen molar-refractivity contribution in [2.45, 2.75) is 0 Å². The first-order chi connectivity index (χ1) is 14.6. The first-order valence-corrected chi connectivity index (χ1v) is 9.14. The number of hydrogen-bond donors (Lipinski definition) is 1. The van der Waals surface area contributed by atoms with Crippen molar-refractivity contribution in [1.29, 1.82) is 0 Å². The molecule has 0 spiro atoms. The summed E-state index contributed by atoms with van der Waals surface area (Å²) in [7, 11) is 0. The third kappa shape index (κ3) is 4.20. The lowest BCUT2D eigenvalue weighted by Crippen LogP contribution is -2.08. The largest absolute Gasteiger partial charge is 0.322 e. The molecule has 7 nitrogen and oxygen atoms in total. The number of fused-ring (bicyclic) bond motifs is 1. The third-order valence-corrected chi connectivity index (χ3v) is 4.46. The maximum Gasteiger partial charge on any atom is 0.270 e. The predicted molar refractivity (Wildman–Crippen MR) is 116 cm³/mol. The minimum atomic E-state index is -0.463. The molecule has 4 aromatic rings. The van der Waals surface area contributed by atoms with Gasteiger partial charge >= 0.3 is 0 Å². The minimum absolute atomic E-state index is 0.0230. The van der Waals surface area contributed by atoms with E-state index in [9.17, 15) is 14.9 Å². The number of anilines is 1. The molecule has 1 amide bonds. The molecule has 0 unspecified atom stereocenters. The molecule has 0 fully saturated rings. The van der Waals surface area contributed by atoms with Gasteiger partial charge in [-0.3, -0.25) is 14.9 Å². The zero-order chi connectivity index (χ0) is 20.9. The van der Waals surface area contributed by atoms with Crippen LogP contribution in [-0.4, -0.2) is 20.8 Å². The van der Waals surface area contributed by atoms with Gasteiger partial charge in [0.15, 0.2) is 5.82 Å². The maximum atomic E-state index is 12.3. The second-order valence-corrected chi connectivity index (χ2v) is 6.50. The van der Waals surface area contributed by atoms with Crippen LogP contribution in [0.3, 0.4) is 0 Å². The van der Waals surface area contributed by atoms with Crippen LogP contribution in [0.25, 0.3) is 28.2 Å². The number of carbonyl (C=O) groups is 1. The van der Waals surface area contributed by atoms with Gasteiger partial charge in [-0.2, -0.15) is 0 Å². The summed E-state index contributed by atoms with van der Waals surface area (Å²) in [5.74, 6) is 0.102. The van der Waals surface area contributed by atoms with E-state index in [-0.39, 0.29) is 11.6 Å². The minimum Gasteiger partial charge on any atom is -0.322 e. The van der Waals surface area contributed by atoms with Gasteiger partial charge < -0.3 is 5.32 Å². The maximum absolute atomic E-state index is 12.3. The Morgan fingerprint density at radius 3 is 2.50 bits per heavy atom. The van der Waals surface area contributed by atoms with Crippen molar-refractivity contribution >= 4 is 34.1 Å². The lowest BCUT2D eigenvalue weighted by Gasteiger charge is -2.06. The van der Waals surface area contributed by atoms with E-state index >= 15 is 0 Å². The molecular weight excluding hydrogens is 380 g/mol. The van der Waals surface area contributed by atoms with Crippen LogP contribution >= 0.6 is 0 Å². The molecule has 4 rings (SSSR count). The van der Waals surface area contributed by atoms with E-state index in [0.717, 1.165) is 16.5 Å². The Kier molecular flexibility index (Phi) is 5.25. The van der Waals surface area contributed by atoms with Crippen molar-refractivity contribution < 1.29 is 9.72 Å². The number of nitrogens with one attached hydrogen (secondary N) is 1. The first-order valence-electron chi connectivity index (χ1n) is 9.14. The fourth-order valence-electron chi connectivity index (χ4n) is 3.01. The van der Waals surface area contributed by atoms with E-state index in [2.05, 4.69) is 15.3 Å². The van der Waals surface area contributed by atoms with Gasteiger partial charge in [0, 0.05) is 52.8 Å². The monoisotopic (exact) mass is 396 g/mol. The van der Waals surface area contributed by atoms with Gasteiger partial charge in [0.25, 0.3) is 5.69 Å². The second-order valence-electron chi connectivity index (χ2n) is 6.50. The molecule has 0 aliphatic rings. The highest BCUT2D eigenvalue weighted by Gasteiger charge is 2.09. The van der Waals surface area contributed by atoms with Gasteiger partial charge in [-0.1, -0.05) is 48.5 Å². The first kappa shape index (κ1) is 18.9. The topological polar surface area (TPSA) is 98.0 Å². The predicted octanol–water partition coefficient (Wildman–Crippen LogP) is 4.86. The summed E-state index contributed by atoms with van der Waals surface area (Å²) >= 11 is 0. The van der Waals surface area contributed by atoms with Gasteiger partial charge in [0.05, 0.1) is 4.92 Å². The van der Waals surface area contributed by atoms with Gasteiger partial charge in [-0.25, -0.2) is 9.97 Å². The molecule has 3 aromatic carbocycles. The van der Waals surface area contributed by atoms with Crippen LogP contribution in [0.2, 0.25) is 0 Å². The van der Waals surface area contributed by atoms with Crippen LogP contribution in [0.4, 0.5) is 11.4 Å². The van der Waals surface area contributed by atoms with Crippen molar-refractivity contribution in [2.75, 3.05) is 5.32 Å². The van der Waals surface area contributed by atoms with E-state index in [0.29, 0.717) is 17.0 Å². The van der Waals surface area contributed by atoms with Crippen LogP contribution < -0.4 is 5.32 Å². The SMILES string of the molecule is O=C(/C=C/c1cnc(-c2cccc([N+](=O)[O-])c2)nc1)Nc1cccc2ccccc12. The Balaban J connectivity index is 1.47. The zero-order valence-corrected chi connectivity index (χ0v) is 15.7. The Bertz CT molecular complexity index is 1260. The molecule has 30 heavy (non-hydrogen) atoms. The zero-order valence-electron chi connectivity index (χ0n) is 15.7. The molecule has 0 bridgehead atoms. The fraction of sp³-hybridized carbons (Fsp3) is 0. The van der Waals surface area contributed by atoms with Crippen LogP contribution in [-0.2, 0) is 4.79 Å². The number of nitrogens with zero attached hydrogens (tertiary/aromatic N) is 3. The standard InChI is InChI=1S/C23H16N4O3/c28-22(26-21-10-4-6-17-5-1-2-9-20(17)21)12-11-16-14-24-23(25-15-16)18-7-3-8-19(13-18)27(29)30/h1-15H,(H,26,28)/b12-11+. The molecule has 1 aromatic heterocycles. The molecule has 0 aliphatic heterocycles. The normalized spacial score (nSPS) is 10.9. The number of nitro benzene ring substituents is 1. The molecule has 0 aliphatic carbocycles. The average Bonchev–Trinajstić information content (AvgIpc) is 2.78. The summed E-state index contributed by atoms with van der Waals surface area (Å²) in [4.78, 5) is 31.2. The Morgan fingerprint density at radius 2 is 1.70 bits per heavy atom. The van der Waals surface area contributed by atoms with E-state index in [1.54, 1.807) is 30.6 Å². The van der Waals surface area contributed by atoms with Crippen molar-refractivity contribution in [1.82, 2.24) is 9.97 Å². The van der Waals surface area contributed by atoms with Crippen molar-refractivity contribution in [3.05, 3.63) is 101 Å². The van der Waals surface area contributed by atoms with Gasteiger partial charge in [0.1, 0.15) is 0 Å². The van der Waals surface area contributed by atoms with Gasteiger partial charge in [-0.05, 0) is 17.5 Å². The molecule has 0 saturated carbocycles. The van der Waals surface area contributed by atoms with Crippen molar-refractivity contribution in [3.8, 4) is 11.4 Å². The summed E-state index contributed by atoms with van der Waals surface area (Å²) in [5.41, 5.74) is 1.90. The molecule has 0 radical (unpaired) electrons. The third-order valence-electron chi connectivity index (χ3n) is 4.46. The van der Waals surface area contributed by atoms with Crippen molar-refractivity contribution in [3.63, 3.8) is 0 Å². The number of aromatic nitrogens is 2. The highest BCUT2D eigenvalue weighted by molar-refractivity contribution is 6.07. The van der Waals surface area contributed by atoms with E-state index in [1.807, 2.05) is 42.5 Å². The smallest absolute Gasteiger partial charge is 0.270 e. The molecular formula is C23H16N4O3. The number of carbonyl (C=O) groups excluding carboxylic acids is 1. The van der Waals surface area contributed by atoms with Gasteiger partial charge in [-0.15, -0.1) is 0 Å². The van der Waals surface area contributed by atoms with Crippen LogP contribution in [0.15, 0.2) is 85.2 Å². The quantitative estimate of drug-likeness (QED) is 0.295. The number of non-ortho nitro benzene ring substituents is 1. The van der Waals surface area contributed by atoms with Crippen LogP contribution in [0.5, 0.6) is 0 Å². The van der Waals surface area contributed by atoms with Crippen LogP contribution in [0.1, 0.15) is 5.56 Å². The van der Waals surface area contributed by atoms with Crippen molar-refractivity contribution in [2.24, 2.45) is 0 Å². The highest BCUT2D eigenvalue weighted by Crippen LogP contribution is 2.23. The highest BCUT2D eigenvalue weighted by atomic mass is 16.6. The van der Waals surface area contributed by atoms with E-state index in [4.69, 9.17) is 0 Å². The molecule has 1 heterocycles. The number of hydrogen-bond acceptors (Lipinski definition) is 5. The lowest BCUT2D eigenvalue weighted by atomic mass is 10.1. The van der Waals surface area contributed by atoms with E-state index < -0.39 is 4.92 Å². The summed E-state index contributed by atoms with van der Waals surface area (Å²) in [6.45, 7) is 0. The Labute approximate surface area is 171 Å². The molecule has 7 heteroatoms.